The molecule has 18 heavy (non-hydrogen) atoms. The van der Waals surface area contributed by atoms with Crippen molar-refractivity contribution in [3.8, 4) is 6.07 Å². The molecule has 1 aromatic heterocycles. The Bertz CT molecular complexity index is 592. The van der Waals surface area contributed by atoms with E-state index in [1.165, 1.54) is 6.20 Å². The van der Waals surface area contributed by atoms with Gasteiger partial charge in [0.2, 0.25) is 0 Å². The van der Waals surface area contributed by atoms with E-state index in [1.54, 1.807) is 4.57 Å². The molecule has 0 radical (unpaired) electrons. The Morgan fingerprint density at radius 2 is 2.33 bits per heavy atom. The van der Waals surface area contributed by atoms with Crippen LogP contribution in [0.25, 0.3) is 5.57 Å². The Balaban J connectivity index is 2.66. The van der Waals surface area contributed by atoms with Gasteiger partial charge in [0.1, 0.15) is 17.5 Å². The maximum Gasteiger partial charge on any atom is 0.271 e. The van der Waals surface area contributed by atoms with Crippen molar-refractivity contribution in [3.63, 3.8) is 0 Å². The minimum Gasteiger partial charge on any atom is -0.383 e. The molecule has 5 nitrogen and oxygen atoms in total. The topological polar surface area (TPSA) is 61.9 Å². The molecule has 1 aliphatic heterocycles. The molecule has 2 rings (SSSR count). The number of allylic oxidation sites excluding steroid dienone is 1. The van der Waals surface area contributed by atoms with Crippen LogP contribution in [-0.4, -0.2) is 28.5 Å². The minimum absolute atomic E-state index is 0.0904. The first-order valence-electron chi connectivity index (χ1n) is 5.93. The Hall–Kier alpha value is -2.09. The lowest BCUT2D eigenvalue weighted by molar-refractivity contribution is 0.457. The molecule has 0 N–H and O–H groups in total. The van der Waals surface area contributed by atoms with E-state index in [0.717, 1.165) is 18.4 Å². The standard InChI is InChI=1S/C13H16N4O/c1-9-4-5-10(8-16(2)3)12-15-7-11(6-14)13(18)17(9)12/h7-9H,4-5H2,1-3H3/b10-8+. The molecule has 1 unspecified atom stereocenters. The number of hydrogen-bond acceptors (Lipinski definition) is 4. The third-order valence-corrected chi connectivity index (χ3v) is 3.09. The number of aromatic nitrogens is 2. The van der Waals surface area contributed by atoms with Crippen LogP contribution < -0.4 is 5.56 Å². The highest BCUT2D eigenvalue weighted by molar-refractivity contribution is 5.61. The summed E-state index contributed by atoms with van der Waals surface area (Å²) in [6.45, 7) is 1.99. The van der Waals surface area contributed by atoms with Crippen molar-refractivity contribution in [2.45, 2.75) is 25.8 Å². The molecule has 5 heteroatoms. The van der Waals surface area contributed by atoms with Gasteiger partial charge in [-0.05, 0) is 19.8 Å². The number of nitriles is 1. The second-order valence-corrected chi connectivity index (χ2v) is 4.79. The van der Waals surface area contributed by atoms with Crippen LogP contribution in [0.15, 0.2) is 17.2 Å². The fourth-order valence-corrected chi connectivity index (χ4v) is 2.23. The van der Waals surface area contributed by atoms with Crippen LogP contribution in [0.4, 0.5) is 0 Å². The molecule has 0 aliphatic carbocycles. The van der Waals surface area contributed by atoms with Gasteiger partial charge < -0.3 is 4.90 Å². The molecule has 94 valence electrons. The molecule has 0 saturated heterocycles. The fourth-order valence-electron chi connectivity index (χ4n) is 2.23. The van der Waals surface area contributed by atoms with Crippen LogP contribution in [0, 0.1) is 11.3 Å². The Labute approximate surface area is 106 Å². The summed E-state index contributed by atoms with van der Waals surface area (Å²) in [6, 6.07) is 1.99. The lowest BCUT2D eigenvalue weighted by Crippen LogP contribution is -2.32. The van der Waals surface area contributed by atoms with Gasteiger partial charge in [-0.25, -0.2) is 4.98 Å². The van der Waals surface area contributed by atoms with E-state index in [1.807, 2.05) is 38.2 Å². The summed E-state index contributed by atoms with van der Waals surface area (Å²) in [5, 5.41) is 8.89. The van der Waals surface area contributed by atoms with Crippen LogP contribution >= 0.6 is 0 Å². The average Bonchev–Trinajstić information content (AvgIpc) is 2.32. The molecule has 0 fully saturated rings. The maximum atomic E-state index is 12.1. The molecule has 0 saturated carbocycles. The third-order valence-electron chi connectivity index (χ3n) is 3.09. The molecule has 0 aromatic carbocycles. The van der Waals surface area contributed by atoms with Gasteiger partial charge in [0.05, 0.1) is 6.20 Å². The van der Waals surface area contributed by atoms with Crippen molar-refractivity contribution >= 4 is 5.57 Å². The van der Waals surface area contributed by atoms with Gasteiger partial charge in [0.25, 0.3) is 5.56 Å². The summed E-state index contributed by atoms with van der Waals surface area (Å²) in [4.78, 5) is 18.4. The first-order chi connectivity index (χ1) is 8.54. The van der Waals surface area contributed by atoms with E-state index < -0.39 is 0 Å². The van der Waals surface area contributed by atoms with Crippen LogP contribution in [0.5, 0.6) is 0 Å². The number of fused-ring (bicyclic) bond motifs is 1. The normalized spacial score (nSPS) is 20.3. The SMILES string of the molecule is CC1CC/C(=C\N(C)C)c2ncc(C#N)c(=O)n21. The van der Waals surface area contributed by atoms with Gasteiger partial charge in [0.15, 0.2) is 0 Å². The summed E-state index contributed by atoms with van der Waals surface area (Å²) in [6.07, 6.45) is 5.15. The maximum absolute atomic E-state index is 12.1. The molecule has 2 heterocycles. The molecular weight excluding hydrogens is 228 g/mol. The Morgan fingerprint density at radius 3 is 2.94 bits per heavy atom. The van der Waals surface area contributed by atoms with Crippen molar-refractivity contribution in [3.05, 3.63) is 34.1 Å². The predicted molar refractivity (Wildman–Crippen MR) is 68.8 cm³/mol. The summed E-state index contributed by atoms with van der Waals surface area (Å²) in [7, 11) is 3.88. The van der Waals surface area contributed by atoms with Crippen molar-refractivity contribution in [1.82, 2.24) is 14.5 Å². The zero-order valence-electron chi connectivity index (χ0n) is 10.8. The zero-order valence-corrected chi connectivity index (χ0v) is 10.8. The summed E-state index contributed by atoms with van der Waals surface area (Å²) >= 11 is 0. The van der Waals surface area contributed by atoms with Crippen LogP contribution in [0.3, 0.4) is 0 Å². The van der Waals surface area contributed by atoms with Gasteiger partial charge in [-0.2, -0.15) is 5.26 Å². The van der Waals surface area contributed by atoms with Crippen molar-refractivity contribution in [1.29, 1.82) is 5.26 Å². The molecule has 1 aromatic rings. The largest absolute Gasteiger partial charge is 0.383 e. The van der Waals surface area contributed by atoms with Crippen molar-refractivity contribution in [2.75, 3.05) is 14.1 Å². The van der Waals surface area contributed by atoms with Crippen LogP contribution in [0.2, 0.25) is 0 Å². The Morgan fingerprint density at radius 1 is 1.61 bits per heavy atom. The van der Waals surface area contributed by atoms with E-state index in [0.29, 0.717) is 5.82 Å². The molecule has 0 bridgehead atoms. The highest BCUT2D eigenvalue weighted by Crippen LogP contribution is 2.29. The van der Waals surface area contributed by atoms with Crippen molar-refractivity contribution < 1.29 is 0 Å². The molecular formula is C13H16N4O. The second-order valence-electron chi connectivity index (χ2n) is 4.79. The van der Waals surface area contributed by atoms with Gasteiger partial charge in [-0.1, -0.05) is 0 Å². The third kappa shape index (κ3) is 2.02. The van der Waals surface area contributed by atoms with E-state index in [4.69, 9.17) is 5.26 Å². The van der Waals surface area contributed by atoms with Gasteiger partial charge in [-0.3, -0.25) is 9.36 Å². The summed E-state index contributed by atoms with van der Waals surface area (Å²) in [5.41, 5.74) is 0.913. The first kappa shape index (κ1) is 12.4. The molecule has 0 amide bonds. The first-order valence-corrected chi connectivity index (χ1v) is 5.93. The fraction of sp³-hybridized carbons (Fsp3) is 0.462. The zero-order chi connectivity index (χ0) is 13.3. The van der Waals surface area contributed by atoms with E-state index in [2.05, 4.69) is 4.98 Å². The average molecular weight is 244 g/mol. The van der Waals surface area contributed by atoms with Crippen LogP contribution in [-0.2, 0) is 0 Å². The summed E-state index contributed by atoms with van der Waals surface area (Å²) in [5.74, 6) is 0.687. The van der Waals surface area contributed by atoms with E-state index >= 15 is 0 Å². The Kier molecular flexibility index (Phi) is 3.19. The smallest absolute Gasteiger partial charge is 0.271 e. The highest BCUT2D eigenvalue weighted by atomic mass is 16.1. The minimum atomic E-state index is -0.237. The quantitative estimate of drug-likeness (QED) is 0.748. The lowest BCUT2D eigenvalue weighted by Gasteiger charge is -2.26. The van der Waals surface area contributed by atoms with Gasteiger partial charge in [0, 0.05) is 31.9 Å². The molecule has 1 atom stereocenters. The number of nitrogens with zero attached hydrogens (tertiary/aromatic N) is 4. The van der Waals surface area contributed by atoms with Gasteiger partial charge in [-0.15, -0.1) is 0 Å². The number of rotatable bonds is 1. The highest BCUT2D eigenvalue weighted by Gasteiger charge is 2.23. The number of hydrogen-bond donors (Lipinski definition) is 0. The summed E-state index contributed by atoms with van der Waals surface area (Å²) < 4.78 is 1.64. The lowest BCUT2D eigenvalue weighted by atomic mass is 10.0. The van der Waals surface area contributed by atoms with Gasteiger partial charge >= 0.3 is 0 Å². The van der Waals surface area contributed by atoms with E-state index in [-0.39, 0.29) is 17.2 Å². The van der Waals surface area contributed by atoms with Crippen LogP contribution in [0.1, 0.15) is 37.2 Å². The van der Waals surface area contributed by atoms with Crippen molar-refractivity contribution in [2.24, 2.45) is 0 Å². The van der Waals surface area contributed by atoms with E-state index in [9.17, 15) is 4.79 Å². The second kappa shape index (κ2) is 4.65. The monoisotopic (exact) mass is 244 g/mol. The predicted octanol–water partition coefficient (Wildman–Crippen LogP) is 1.37. The molecule has 1 aliphatic rings. The molecule has 0 spiro atoms.